The summed E-state index contributed by atoms with van der Waals surface area (Å²) in [6.45, 7) is 3.80. The molecule has 1 aliphatic rings. The van der Waals surface area contributed by atoms with Gasteiger partial charge in [-0.2, -0.15) is 0 Å². The van der Waals surface area contributed by atoms with Gasteiger partial charge in [-0.15, -0.1) is 0 Å². The molecular formula is C16H17NO4S2. The van der Waals surface area contributed by atoms with Gasteiger partial charge < -0.3 is 10.2 Å². The highest BCUT2D eigenvalue weighted by molar-refractivity contribution is 8.26. The molecule has 1 aromatic rings. The molecule has 1 aromatic carbocycles. The molecule has 2 N–H and O–H groups in total. The third-order valence-corrected chi connectivity index (χ3v) is 4.61. The van der Waals surface area contributed by atoms with Crippen LogP contribution in [0, 0.1) is 5.92 Å². The van der Waals surface area contributed by atoms with E-state index in [1.165, 1.54) is 17.0 Å². The maximum Gasteiger partial charge on any atom is 0.326 e. The molecule has 2 rings (SSSR count). The number of thioether (sulfide) groups is 1. The van der Waals surface area contributed by atoms with Crippen LogP contribution in [-0.4, -0.2) is 37.4 Å². The number of amides is 1. The highest BCUT2D eigenvalue weighted by Gasteiger charge is 2.40. The molecule has 1 heterocycles. The van der Waals surface area contributed by atoms with Crippen molar-refractivity contribution in [3.63, 3.8) is 0 Å². The molecular weight excluding hydrogens is 334 g/mol. The van der Waals surface area contributed by atoms with Crippen molar-refractivity contribution >= 4 is 46.3 Å². The molecule has 0 saturated carbocycles. The number of carboxylic acid groups (broad SMARTS) is 1. The lowest BCUT2D eigenvalue weighted by molar-refractivity contribution is -0.145. The summed E-state index contributed by atoms with van der Waals surface area (Å²) in [5, 5.41) is 18.9. The maximum absolute atomic E-state index is 12.6. The largest absolute Gasteiger partial charge is 0.508 e. The van der Waals surface area contributed by atoms with E-state index in [0.29, 0.717) is 16.9 Å². The zero-order chi connectivity index (χ0) is 17.1. The number of hydrogen-bond donors (Lipinski definition) is 2. The third-order valence-electron chi connectivity index (χ3n) is 3.28. The quantitative estimate of drug-likeness (QED) is 0.627. The Morgan fingerprint density at radius 3 is 2.70 bits per heavy atom. The van der Waals surface area contributed by atoms with Gasteiger partial charge in [0.15, 0.2) is 0 Å². The number of thiocarbonyl (C=S) groups is 1. The average molecular weight is 351 g/mol. The molecule has 7 heteroatoms. The highest BCUT2D eigenvalue weighted by atomic mass is 32.2. The van der Waals surface area contributed by atoms with E-state index in [2.05, 4.69) is 0 Å². The summed E-state index contributed by atoms with van der Waals surface area (Å²) >= 11 is 6.28. The molecule has 1 unspecified atom stereocenters. The second kappa shape index (κ2) is 7.14. The third kappa shape index (κ3) is 4.11. The molecule has 0 aromatic heterocycles. The Hall–Kier alpha value is -1.86. The lowest BCUT2D eigenvalue weighted by Crippen LogP contribution is -2.44. The average Bonchev–Trinajstić information content (AvgIpc) is 2.71. The zero-order valence-corrected chi connectivity index (χ0v) is 14.4. The van der Waals surface area contributed by atoms with E-state index in [1.54, 1.807) is 18.2 Å². The van der Waals surface area contributed by atoms with Crippen molar-refractivity contribution in [2.75, 3.05) is 0 Å². The van der Waals surface area contributed by atoms with Crippen molar-refractivity contribution in [1.82, 2.24) is 4.90 Å². The van der Waals surface area contributed by atoms with E-state index >= 15 is 0 Å². The van der Waals surface area contributed by atoms with Gasteiger partial charge in [0.05, 0.1) is 4.91 Å². The molecule has 1 atom stereocenters. The van der Waals surface area contributed by atoms with E-state index in [0.717, 1.165) is 11.8 Å². The van der Waals surface area contributed by atoms with Gasteiger partial charge >= 0.3 is 5.97 Å². The number of carbonyl (C=O) groups is 2. The molecule has 1 amide bonds. The molecule has 0 aliphatic carbocycles. The van der Waals surface area contributed by atoms with Gasteiger partial charge in [0.1, 0.15) is 16.1 Å². The Kier molecular flexibility index (Phi) is 5.43. The first-order valence-corrected chi connectivity index (χ1v) is 8.31. The summed E-state index contributed by atoms with van der Waals surface area (Å²) in [6.07, 6.45) is 1.94. The Morgan fingerprint density at radius 1 is 1.43 bits per heavy atom. The number of carboxylic acids is 1. The SMILES string of the molecule is CC(C)CC(C(=O)O)N1C(=O)/C(=C/c2cccc(O)c2)SC1=S. The van der Waals surface area contributed by atoms with Crippen LogP contribution >= 0.6 is 24.0 Å². The summed E-state index contributed by atoms with van der Waals surface area (Å²) in [5.41, 5.74) is 0.654. The number of phenolic OH excluding ortho intramolecular Hbond substituents is 1. The number of aromatic hydroxyl groups is 1. The van der Waals surface area contributed by atoms with Gasteiger partial charge in [-0.3, -0.25) is 9.69 Å². The van der Waals surface area contributed by atoms with E-state index in [4.69, 9.17) is 12.2 Å². The number of phenols is 1. The number of hydrogen-bond acceptors (Lipinski definition) is 5. The highest BCUT2D eigenvalue weighted by Crippen LogP contribution is 2.35. The predicted molar refractivity (Wildman–Crippen MR) is 94.0 cm³/mol. The summed E-state index contributed by atoms with van der Waals surface area (Å²) in [5.74, 6) is -1.25. The fourth-order valence-corrected chi connectivity index (χ4v) is 3.63. The maximum atomic E-state index is 12.6. The van der Waals surface area contributed by atoms with Gasteiger partial charge in [0, 0.05) is 0 Å². The van der Waals surface area contributed by atoms with E-state index < -0.39 is 17.9 Å². The minimum absolute atomic E-state index is 0.0949. The lowest BCUT2D eigenvalue weighted by atomic mass is 10.0. The molecule has 1 aliphatic heterocycles. The standard InChI is InChI=1S/C16H17NO4S2/c1-9(2)6-12(15(20)21)17-14(19)13(23-16(17)22)8-10-4-3-5-11(18)7-10/h3-5,7-9,12,18H,6H2,1-2H3,(H,20,21)/b13-8-. The minimum atomic E-state index is -1.06. The lowest BCUT2D eigenvalue weighted by Gasteiger charge is -2.24. The Balaban J connectivity index is 2.30. The summed E-state index contributed by atoms with van der Waals surface area (Å²) in [4.78, 5) is 25.6. The Bertz CT molecular complexity index is 684. The molecule has 0 spiro atoms. The predicted octanol–water partition coefficient (Wildman–Crippen LogP) is 3.09. The zero-order valence-electron chi connectivity index (χ0n) is 12.7. The van der Waals surface area contributed by atoms with Crippen LogP contribution in [-0.2, 0) is 9.59 Å². The van der Waals surface area contributed by atoms with E-state index in [1.807, 2.05) is 13.8 Å². The van der Waals surface area contributed by atoms with Crippen molar-refractivity contribution in [3.8, 4) is 5.75 Å². The topological polar surface area (TPSA) is 77.8 Å². The first-order valence-electron chi connectivity index (χ1n) is 7.08. The Morgan fingerprint density at radius 2 is 2.13 bits per heavy atom. The van der Waals surface area contributed by atoms with Crippen LogP contribution in [0.2, 0.25) is 0 Å². The first kappa shape index (κ1) is 17.5. The van der Waals surface area contributed by atoms with Crippen molar-refractivity contribution in [2.45, 2.75) is 26.3 Å². The van der Waals surface area contributed by atoms with Crippen LogP contribution in [0.15, 0.2) is 29.2 Å². The monoisotopic (exact) mass is 351 g/mol. The number of rotatable bonds is 5. The van der Waals surface area contributed by atoms with Crippen LogP contribution in [0.5, 0.6) is 5.75 Å². The van der Waals surface area contributed by atoms with Gasteiger partial charge in [0.25, 0.3) is 5.91 Å². The molecule has 0 radical (unpaired) electrons. The van der Waals surface area contributed by atoms with Crippen molar-refractivity contribution in [2.24, 2.45) is 5.92 Å². The first-order chi connectivity index (χ1) is 10.8. The molecule has 23 heavy (non-hydrogen) atoms. The molecule has 1 fully saturated rings. The number of carbonyl (C=O) groups excluding carboxylic acids is 1. The summed E-state index contributed by atoms with van der Waals surface area (Å²) in [6, 6.07) is 5.51. The second-order valence-corrected chi connectivity index (χ2v) is 7.31. The normalized spacial score (nSPS) is 18.0. The van der Waals surface area contributed by atoms with Gasteiger partial charge in [-0.1, -0.05) is 50.0 Å². The van der Waals surface area contributed by atoms with Crippen LogP contribution in [0.3, 0.4) is 0 Å². The molecule has 5 nitrogen and oxygen atoms in total. The Labute approximate surface area is 144 Å². The van der Waals surface area contributed by atoms with Crippen LogP contribution < -0.4 is 0 Å². The smallest absolute Gasteiger partial charge is 0.326 e. The van der Waals surface area contributed by atoms with E-state index in [-0.39, 0.29) is 16.0 Å². The van der Waals surface area contributed by atoms with Crippen molar-refractivity contribution in [1.29, 1.82) is 0 Å². The molecule has 0 bridgehead atoms. The number of nitrogens with zero attached hydrogens (tertiary/aromatic N) is 1. The van der Waals surface area contributed by atoms with Gasteiger partial charge in [-0.25, -0.2) is 4.79 Å². The van der Waals surface area contributed by atoms with Gasteiger partial charge in [-0.05, 0) is 36.1 Å². The van der Waals surface area contributed by atoms with Crippen LogP contribution in [0.4, 0.5) is 0 Å². The summed E-state index contributed by atoms with van der Waals surface area (Å²) in [7, 11) is 0. The fourth-order valence-electron chi connectivity index (χ4n) is 2.28. The van der Waals surface area contributed by atoms with Crippen molar-refractivity contribution in [3.05, 3.63) is 34.7 Å². The summed E-state index contributed by atoms with van der Waals surface area (Å²) < 4.78 is 0.245. The van der Waals surface area contributed by atoms with Crippen LogP contribution in [0.25, 0.3) is 6.08 Å². The minimum Gasteiger partial charge on any atom is -0.508 e. The van der Waals surface area contributed by atoms with Crippen molar-refractivity contribution < 1.29 is 19.8 Å². The molecule has 122 valence electrons. The van der Waals surface area contributed by atoms with E-state index in [9.17, 15) is 19.8 Å². The molecule has 1 saturated heterocycles. The van der Waals surface area contributed by atoms with Gasteiger partial charge in [0.2, 0.25) is 0 Å². The fraction of sp³-hybridized carbons (Fsp3) is 0.312. The number of benzene rings is 1. The van der Waals surface area contributed by atoms with Crippen LogP contribution in [0.1, 0.15) is 25.8 Å². The second-order valence-electron chi connectivity index (χ2n) is 5.63. The number of aliphatic carboxylic acids is 1.